The fourth-order valence-electron chi connectivity index (χ4n) is 3.58. The lowest BCUT2D eigenvalue weighted by molar-refractivity contribution is -0.123. The van der Waals surface area contributed by atoms with Crippen molar-refractivity contribution in [3.8, 4) is 17.0 Å². The Morgan fingerprint density at radius 3 is 2.86 bits per heavy atom. The van der Waals surface area contributed by atoms with Crippen LogP contribution >= 0.6 is 11.3 Å². The van der Waals surface area contributed by atoms with Crippen molar-refractivity contribution in [2.75, 3.05) is 13.2 Å². The van der Waals surface area contributed by atoms with E-state index in [0.717, 1.165) is 34.2 Å². The fraction of sp³-hybridized carbons (Fsp3) is 0.348. The fourth-order valence-corrected chi connectivity index (χ4v) is 4.49. The maximum atomic E-state index is 12.2. The van der Waals surface area contributed by atoms with Crippen LogP contribution in [0.5, 0.6) is 5.88 Å². The summed E-state index contributed by atoms with van der Waals surface area (Å²) in [5.41, 5.74) is 4.79. The van der Waals surface area contributed by atoms with E-state index in [4.69, 9.17) is 4.74 Å². The van der Waals surface area contributed by atoms with E-state index in [2.05, 4.69) is 57.9 Å². The molecule has 1 aromatic carbocycles. The number of carbonyl (C=O) groups is 1. The number of carbonyl (C=O) groups excluding carboxylic acids is 1. The molecule has 0 atom stereocenters. The minimum Gasteiger partial charge on any atom is -0.467 e. The van der Waals surface area contributed by atoms with Crippen molar-refractivity contribution in [1.29, 1.82) is 0 Å². The first kappa shape index (κ1) is 19.6. The van der Waals surface area contributed by atoms with Gasteiger partial charge >= 0.3 is 0 Å². The molecule has 6 heteroatoms. The van der Waals surface area contributed by atoms with E-state index in [1.165, 1.54) is 36.7 Å². The number of ether oxygens (including phenoxy) is 1. The van der Waals surface area contributed by atoms with Gasteiger partial charge in [0.1, 0.15) is 11.2 Å². The SMILES string of the molecule is Cc1ccc(-c2csc3ncnc(OCC(=O)NCCC4=CCCCC4)c23)cc1. The summed E-state index contributed by atoms with van der Waals surface area (Å²) in [6, 6.07) is 8.33. The number of fused-ring (bicyclic) bond motifs is 1. The molecule has 5 nitrogen and oxygen atoms in total. The van der Waals surface area contributed by atoms with E-state index in [9.17, 15) is 4.79 Å². The van der Waals surface area contributed by atoms with Gasteiger partial charge in [0, 0.05) is 17.5 Å². The van der Waals surface area contributed by atoms with Crippen molar-refractivity contribution in [3.05, 3.63) is 53.2 Å². The number of nitrogens with one attached hydrogen (secondary N) is 1. The Labute approximate surface area is 174 Å². The molecule has 0 saturated heterocycles. The van der Waals surface area contributed by atoms with Gasteiger partial charge in [0.15, 0.2) is 6.61 Å². The number of rotatable bonds is 7. The van der Waals surface area contributed by atoms with Crippen LogP contribution in [0.4, 0.5) is 0 Å². The highest BCUT2D eigenvalue weighted by atomic mass is 32.1. The summed E-state index contributed by atoms with van der Waals surface area (Å²) in [7, 11) is 0. The number of hydrogen-bond donors (Lipinski definition) is 1. The monoisotopic (exact) mass is 407 g/mol. The van der Waals surface area contributed by atoms with Gasteiger partial charge in [-0.1, -0.05) is 41.5 Å². The molecule has 4 rings (SSSR count). The molecular formula is C23H25N3O2S. The van der Waals surface area contributed by atoms with Crippen molar-refractivity contribution in [1.82, 2.24) is 15.3 Å². The Balaban J connectivity index is 1.41. The lowest BCUT2D eigenvalue weighted by atomic mass is 9.97. The predicted molar refractivity (Wildman–Crippen MR) is 117 cm³/mol. The molecule has 150 valence electrons. The van der Waals surface area contributed by atoms with Crippen LogP contribution < -0.4 is 10.1 Å². The van der Waals surface area contributed by atoms with Crippen LogP contribution in [0.2, 0.25) is 0 Å². The summed E-state index contributed by atoms with van der Waals surface area (Å²) in [5.74, 6) is 0.331. The number of benzene rings is 1. The van der Waals surface area contributed by atoms with Gasteiger partial charge < -0.3 is 10.1 Å². The van der Waals surface area contributed by atoms with Gasteiger partial charge in [0.25, 0.3) is 5.91 Å². The van der Waals surface area contributed by atoms with Crippen LogP contribution in [0.15, 0.2) is 47.6 Å². The lowest BCUT2D eigenvalue weighted by Gasteiger charge is -2.13. The number of amides is 1. The van der Waals surface area contributed by atoms with E-state index in [1.807, 2.05) is 0 Å². The second-order valence-corrected chi connectivity index (χ2v) is 8.23. The molecule has 0 saturated carbocycles. The Bertz CT molecular complexity index is 1020. The van der Waals surface area contributed by atoms with Gasteiger partial charge in [-0.3, -0.25) is 4.79 Å². The highest BCUT2D eigenvalue weighted by Crippen LogP contribution is 2.37. The molecule has 0 bridgehead atoms. The van der Waals surface area contributed by atoms with Crippen LogP contribution in [0, 0.1) is 6.92 Å². The number of thiophene rings is 1. The second kappa shape index (κ2) is 9.18. The first-order valence-corrected chi connectivity index (χ1v) is 11.0. The third-order valence-corrected chi connectivity index (χ3v) is 6.08. The van der Waals surface area contributed by atoms with E-state index >= 15 is 0 Å². The molecule has 2 heterocycles. The van der Waals surface area contributed by atoms with Crippen molar-refractivity contribution >= 4 is 27.5 Å². The van der Waals surface area contributed by atoms with E-state index in [-0.39, 0.29) is 12.5 Å². The topological polar surface area (TPSA) is 64.1 Å². The number of aromatic nitrogens is 2. The largest absolute Gasteiger partial charge is 0.467 e. The zero-order valence-electron chi connectivity index (χ0n) is 16.6. The quantitative estimate of drug-likeness (QED) is 0.557. The molecule has 2 aromatic heterocycles. The average molecular weight is 408 g/mol. The van der Waals surface area contributed by atoms with Crippen LogP contribution in [-0.2, 0) is 4.79 Å². The molecule has 3 aromatic rings. The van der Waals surface area contributed by atoms with Gasteiger partial charge in [-0.2, -0.15) is 0 Å². The Morgan fingerprint density at radius 1 is 1.21 bits per heavy atom. The molecule has 29 heavy (non-hydrogen) atoms. The third-order valence-electron chi connectivity index (χ3n) is 5.19. The third kappa shape index (κ3) is 4.82. The molecule has 0 radical (unpaired) electrons. The van der Waals surface area contributed by atoms with Crippen LogP contribution in [0.3, 0.4) is 0 Å². The van der Waals surface area contributed by atoms with Crippen molar-refractivity contribution in [2.24, 2.45) is 0 Å². The first-order valence-electron chi connectivity index (χ1n) is 10.1. The molecule has 1 amide bonds. The van der Waals surface area contributed by atoms with Crippen molar-refractivity contribution < 1.29 is 9.53 Å². The number of hydrogen-bond acceptors (Lipinski definition) is 5. The van der Waals surface area contributed by atoms with Crippen LogP contribution in [-0.4, -0.2) is 29.0 Å². The molecule has 1 aliphatic carbocycles. The van der Waals surface area contributed by atoms with E-state index in [0.29, 0.717) is 12.4 Å². The van der Waals surface area contributed by atoms with Crippen LogP contribution in [0.25, 0.3) is 21.3 Å². The maximum absolute atomic E-state index is 12.2. The molecular weight excluding hydrogens is 382 g/mol. The number of nitrogens with zero attached hydrogens (tertiary/aromatic N) is 2. The molecule has 0 spiro atoms. The number of allylic oxidation sites excluding steroid dienone is 1. The second-order valence-electron chi connectivity index (χ2n) is 7.37. The molecule has 1 N–H and O–H groups in total. The summed E-state index contributed by atoms with van der Waals surface area (Å²) < 4.78 is 5.80. The maximum Gasteiger partial charge on any atom is 0.258 e. The molecule has 1 aliphatic rings. The van der Waals surface area contributed by atoms with E-state index < -0.39 is 0 Å². The van der Waals surface area contributed by atoms with Crippen LogP contribution in [0.1, 0.15) is 37.7 Å². The van der Waals surface area contributed by atoms with Gasteiger partial charge in [0.05, 0.1) is 5.39 Å². The lowest BCUT2D eigenvalue weighted by Crippen LogP contribution is -2.30. The summed E-state index contributed by atoms with van der Waals surface area (Å²) in [5, 5.41) is 5.88. The average Bonchev–Trinajstić information content (AvgIpc) is 3.18. The standard InChI is InChI=1S/C23H25N3O2S/c1-16-7-9-18(10-8-16)19-14-29-23-21(19)22(25-15-26-23)28-13-20(27)24-12-11-17-5-3-2-4-6-17/h5,7-10,14-15H,2-4,6,11-13H2,1H3,(H,24,27). The first-order chi connectivity index (χ1) is 14.2. The zero-order valence-corrected chi connectivity index (χ0v) is 17.4. The normalized spacial score (nSPS) is 13.9. The van der Waals surface area contributed by atoms with Gasteiger partial charge in [-0.05, 0) is 44.6 Å². The summed E-state index contributed by atoms with van der Waals surface area (Å²) in [4.78, 5) is 21.7. The minimum atomic E-state index is -0.125. The summed E-state index contributed by atoms with van der Waals surface area (Å²) >= 11 is 1.55. The van der Waals surface area contributed by atoms with E-state index in [1.54, 1.807) is 11.3 Å². The Kier molecular flexibility index (Phi) is 6.20. The zero-order chi connectivity index (χ0) is 20.1. The van der Waals surface area contributed by atoms with Gasteiger partial charge in [0.2, 0.25) is 5.88 Å². The smallest absolute Gasteiger partial charge is 0.258 e. The van der Waals surface area contributed by atoms with Gasteiger partial charge in [-0.25, -0.2) is 9.97 Å². The summed E-state index contributed by atoms with van der Waals surface area (Å²) in [6.07, 6.45) is 9.59. The number of aryl methyl sites for hydroxylation is 1. The highest BCUT2D eigenvalue weighted by molar-refractivity contribution is 7.17. The highest BCUT2D eigenvalue weighted by Gasteiger charge is 2.15. The predicted octanol–water partition coefficient (Wildman–Crippen LogP) is 5.05. The Hall–Kier alpha value is -2.73. The van der Waals surface area contributed by atoms with Crippen molar-refractivity contribution in [2.45, 2.75) is 39.0 Å². The summed E-state index contributed by atoms with van der Waals surface area (Å²) in [6.45, 7) is 2.67. The van der Waals surface area contributed by atoms with Gasteiger partial charge in [-0.15, -0.1) is 11.3 Å². The minimum absolute atomic E-state index is 0.0473. The molecule has 0 aliphatic heterocycles. The Morgan fingerprint density at radius 2 is 2.07 bits per heavy atom. The molecule has 0 unspecified atom stereocenters. The molecule has 0 fully saturated rings. The van der Waals surface area contributed by atoms with Crippen molar-refractivity contribution in [3.63, 3.8) is 0 Å².